The number of carbonyl (C=O) groups is 2. The highest BCUT2D eigenvalue weighted by molar-refractivity contribution is 6.00. The SMILES string of the molecule is Cc1ccc(-n2ncccc2=O)cc1CC(=O)C1=CN(C)C(=O)N[C@H]1c1cccc(F)c1. The lowest BCUT2D eigenvalue weighted by Gasteiger charge is -2.30. The molecule has 1 aliphatic rings. The van der Waals surface area contributed by atoms with Gasteiger partial charge < -0.3 is 10.2 Å². The third-order valence-corrected chi connectivity index (χ3v) is 5.38. The maximum absolute atomic E-state index is 13.8. The van der Waals surface area contributed by atoms with Crippen LogP contribution >= 0.6 is 0 Å². The van der Waals surface area contributed by atoms with Crippen LogP contribution in [-0.2, 0) is 11.2 Å². The second-order valence-electron chi connectivity index (χ2n) is 7.62. The molecule has 7 nitrogen and oxygen atoms in total. The first-order chi connectivity index (χ1) is 15.3. The van der Waals surface area contributed by atoms with Crippen molar-refractivity contribution in [2.75, 3.05) is 7.05 Å². The van der Waals surface area contributed by atoms with E-state index in [1.165, 1.54) is 46.2 Å². The van der Waals surface area contributed by atoms with Crippen molar-refractivity contribution in [1.29, 1.82) is 0 Å². The van der Waals surface area contributed by atoms with Gasteiger partial charge in [-0.05, 0) is 53.9 Å². The van der Waals surface area contributed by atoms with Gasteiger partial charge in [0, 0.05) is 37.5 Å². The fourth-order valence-electron chi connectivity index (χ4n) is 3.63. The van der Waals surface area contributed by atoms with Crippen molar-refractivity contribution >= 4 is 11.8 Å². The highest BCUT2D eigenvalue weighted by atomic mass is 19.1. The predicted molar refractivity (Wildman–Crippen MR) is 117 cm³/mol. The first-order valence-corrected chi connectivity index (χ1v) is 10.0. The van der Waals surface area contributed by atoms with E-state index < -0.39 is 11.9 Å². The Morgan fingerprint density at radius 2 is 1.94 bits per heavy atom. The molecule has 8 heteroatoms. The van der Waals surface area contributed by atoms with Crippen LogP contribution < -0.4 is 10.9 Å². The van der Waals surface area contributed by atoms with Gasteiger partial charge in [-0.1, -0.05) is 18.2 Å². The molecule has 0 saturated carbocycles. The minimum Gasteiger partial charge on any atom is -0.327 e. The molecule has 1 aliphatic heterocycles. The van der Waals surface area contributed by atoms with Gasteiger partial charge in [-0.25, -0.2) is 9.18 Å². The summed E-state index contributed by atoms with van der Waals surface area (Å²) < 4.78 is 15.1. The molecule has 0 spiro atoms. The molecular formula is C24H21FN4O3. The summed E-state index contributed by atoms with van der Waals surface area (Å²) in [6, 6.07) is 13.0. The molecule has 0 aliphatic carbocycles. The number of urea groups is 1. The third-order valence-electron chi connectivity index (χ3n) is 5.38. The number of aromatic nitrogens is 2. The highest BCUT2D eigenvalue weighted by Crippen LogP contribution is 2.28. The molecule has 0 saturated heterocycles. The summed E-state index contributed by atoms with van der Waals surface area (Å²) in [5.41, 5.74) is 2.70. The molecule has 1 atom stereocenters. The van der Waals surface area contributed by atoms with Crippen LogP contribution in [0, 0.1) is 12.7 Å². The number of Topliss-reactive ketones (excluding diaryl/α,β-unsaturated/α-hetero) is 1. The standard InChI is InChI=1S/C24H21FN4O3/c1-15-8-9-19(29-22(31)7-4-10-26-29)12-17(15)13-21(30)20-14-28(2)24(32)27-23(20)16-5-3-6-18(25)11-16/h3-12,14,23H,13H2,1-2H3,(H,27,32)/t23-/m0/s1. The highest BCUT2D eigenvalue weighted by Gasteiger charge is 2.30. The summed E-state index contributed by atoms with van der Waals surface area (Å²) in [4.78, 5) is 39.0. The van der Waals surface area contributed by atoms with Crippen LogP contribution in [0.2, 0.25) is 0 Å². The Kier molecular flexibility index (Phi) is 5.68. The van der Waals surface area contributed by atoms with E-state index in [4.69, 9.17) is 0 Å². The van der Waals surface area contributed by atoms with Gasteiger partial charge in [-0.2, -0.15) is 9.78 Å². The monoisotopic (exact) mass is 432 g/mol. The first-order valence-electron chi connectivity index (χ1n) is 10.0. The van der Waals surface area contributed by atoms with Gasteiger partial charge in [0.2, 0.25) is 0 Å². The molecule has 2 amide bonds. The first kappa shape index (κ1) is 21.2. The maximum Gasteiger partial charge on any atom is 0.321 e. The summed E-state index contributed by atoms with van der Waals surface area (Å²) in [6.45, 7) is 1.88. The molecule has 0 radical (unpaired) electrons. The Morgan fingerprint density at radius 1 is 1.12 bits per heavy atom. The van der Waals surface area contributed by atoms with Crippen molar-refractivity contribution < 1.29 is 14.0 Å². The van der Waals surface area contributed by atoms with Gasteiger partial charge in [0.25, 0.3) is 5.56 Å². The van der Waals surface area contributed by atoms with Crippen molar-refractivity contribution in [2.45, 2.75) is 19.4 Å². The topological polar surface area (TPSA) is 84.3 Å². The van der Waals surface area contributed by atoms with Gasteiger partial charge >= 0.3 is 6.03 Å². The number of aryl methyl sites for hydroxylation is 1. The number of hydrogen-bond acceptors (Lipinski definition) is 4. The number of hydrogen-bond donors (Lipinski definition) is 1. The van der Waals surface area contributed by atoms with E-state index in [1.807, 2.05) is 13.0 Å². The lowest BCUT2D eigenvalue weighted by molar-refractivity contribution is -0.115. The Morgan fingerprint density at radius 3 is 2.69 bits per heavy atom. The zero-order valence-electron chi connectivity index (χ0n) is 17.6. The van der Waals surface area contributed by atoms with Gasteiger partial charge in [-0.15, -0.1) is 0 Å². The molecule has 4 rings (SSSR count). The molecule has 1 aromatic heterocycles. The van der Waals surface area contributed by atoms with Crippen LogP contribution in [-0.4, -0.2) is 33.5 Å². The van der Waals surface area contributed by atoms with Crippen LogP contribution in [0.1, 0.15) is 22.7 Å². The van der Waals surface area contributed by atoms with E-state index in [0.29, 0.717) is 16.8 Å². The van der Waals surface area contributed by atoms with Crippen LogP contribution in [0.3, 0.4) is 0 Å². The Labute approximate surface area is 183 Å². The number of halogens is 1. The number of ketones is 1. The minimum absolute atomic E-state index is 0.0443. The van der Waals surface area contributed by atoms with Crippen LogP contribution in [0.5, 0.6) is 0 Å². The molecule has 162 valence electrons. The molecule has 32 heavy (non-hydrogen) atoms. The van der Waals surface area contributed by atoms with Gasteiger partial charge in [0.1, 0.15) is 5.82 Å². The number of rotatable bonds is 5. The van der Waals surface area contributed by atoms with Crippen molar-refractivity contribution in [3.05, 3.63) is 105 Å². The maximum atomic E-state index is 13.8. The lowest BCUT2D eigenvalue weighted by atomic mass is 9.91. The predicted octanol–water partition coefficient (Wildman–Crippen LogP) is 3.07. The lowest BCUT2D eigenvalue weighted by Crippen LogP contribution is -2.43. The number of amides is 2. The normalized spacial score (nSPS) is 15.8. The number of carbonyl (C=O) groups excluding carboxylic acids is 2. The summed E-state index contributed by atoms with van der Waals surface area (Å²) in [5.74, 6) is -0.674. The molecule has 0 fully saturated rings. The number of benzene rings is 2. The van der Waals surface area contributed by atoms with Gasteiger partial charge in [0.05, 0.1) is 11.7 Å². The van der Waals surface area contributed by atoms with E-state index in [1.54, 1.807) is 31.3 Å². The van der Waals surface area contributed by atoms with Gasteiger partial charge in [-0.3, -0.25) is 9.59 Å². The summed E-state index contributed by atoms with van der Waals surface area (Å²) in [5, 5.41) is 6.85. The van der Waals surface area contributed by atoms with Crippen LogP contribution in [0.4, 0.5) is 9.18 Å². The second kappa shape index (κ2) is 8.58. The van der Waals surface area contributed by atoms with E-state index in [0.717, 1.165) is 11.1 Å². The van der Waals surface area contributed by atoms with Crippen molar-refractivity contribution in [3.8, 4) is 5.69 Å². The number of nitrogens with zero attached hydrogens (tertiary/aromatic N) is 3. The van der Waals surface area contributed by atoms with Crippen molar-refractivity contribution in [2.24, 2.45) is 0 Å². The largest absolute Gasteiger partial charge is 0.327 e. The third kappa shape index (κ3) is 4.20. The Bertz CT molecular complexity index is 1300. The molecular weight excluding hydrogens is 411 g/mol. The van der Waals surface area contributed by atoms with E-state index in [9.17, 15) is 18.8 Å². The van der Waals surface area contributed by atoms with Gasteiger partial charge in [0.15, 0.2) is 5.78 Å². The molecule has 2 heterocycles. The van der Waals surface area contributed by atoms with Crippen molar-refractivity contribution in [1.82, 2.24) is 20.0 Å². The van der Waals surface area contributed by atoms with E-state index in [-0.39, 0.29) is 23.8 Å². The molecule has 3 aromatic rings. The van der Waals surface area contributed by atoms with E-state index in [2.05, 4.69) is 10.4 Å². The molecule has 2 aromatic carbocycles. The molecule has 1 N–H and O–H groups in total. The summed E-state index contributed by atoms with van der Waals surface area (Å²) in [7, 11) is 1.55. The smallest absolute Gasteiger partial charge is 0.321 e. The fraction of sp³-hybridized carbons (Fsp3) is 0.167. The Hall–Kier alpha value is -4.07. The quantitative estimate of drug-likeness (QED) is 0.672. The second-order valence-corrected chi connectivity index (χ2v) is 7.62. The van der Waals surface area contributed by atoms with Crippen LogP contribution in [0.15, 0.2) is 77.4 Å². The van der Waals surface area contributed by atoms with Crippen molar-refractivity contribution in [3.63, 3.8) is 0 Å². The summed E-state index contributed by atoms with van der Waals surface area (Å²) >= 11 is 0. The molecule has 0 unspecified atom stereocenters. The van der Waals surface area contributed by atoms with E-state index >= 15 is 0 Å². The zero-order chi connectivity index (χ0) is 22.8. The Balaban J connectivity index is 1.68. The average molecular weight is 432 g/mol. The fourth-order valence-corrected chi connectivity index (χ4v) is 3.63. The van der Waals surface area contributed by atoms with Crippen LogP contribution in [0.25, 0.3) is 5.69 Å². The average Bonchev–Trinajstić information content (AvgIpc) is 2.77. The minimum atomic E-state index is -0.760. The molecule has 0 bridgehead atoms. The summed E-state index contributed by atoms with van der Waals surface area (Å²) in [6.07, 6.45) is 3.04. The zero-order valence-corrected chi connectivity index (χ0v) is 17.6. The number of nitrogens with one attached hydrogen (secondary N) is 1.